The van der Waals surface area contributed by atoms with Crippen LogP contribution in [0, 0.1) is 10.8 Å². The van der Waals surface area contributed by atoms with E-state index in [2.05, 4.69) is 10.3 Å². The molecule has 180 valence electrons. The number of amides is 2. The Hall–Kier alpha value is -1.86. The topological polar surface area (TPSA) is 116 Å². The number of aliphatic hydroxyl groups excluding tert-OH is 1. The molecule has 1 aromatic heterocycles. The average molecular weight is 597 g/mol. The van der Waals surface area contributed by atoms with Crippen molar-refractivity contribution in [2.75, 3.05) is 19.8 Å². The maximum absolute atomic E-state index is 13.2. The van der Waals surface area contributed by atoms with Crippen molar-refractivity contribution in [2.24, 2.45) is 5.41 Å². The number of carbonyl (C=O) groups is 2. The first-order chi connectivity index (χ1) is 15.6. The van der Waals surface area contributed by atoms with E-state index in [0.717, 1.165) is 28.8 Å². The summed E-state index contributed by atoms with van der Waals surface area (Å²) in [7, 11) is 0. The lowest BCUT2D eigenvalue weighted by molar-refractivity contribution is 0.0322. The Morgan fingerprint density at radius 2 is 2.30 bits per heavy atom. The Kier molecular flexibility index (Phi) is 7.95. The van der Waals surface area contributed by atoms with Crippen molar-refractivity contribution in [2.45, 2.75) is 42.7 Å². The maximum Gasteiger partial charge on any atom is 0.299 e. The molecule has 2 amide bonds. The minimum atomic E-state index is -2.93. The van der Waals surface area contributed by atoms with Crippen LogP contribution in [0.2, 0.25) is 0 Å². The van der Waals surface area contributed by atoms with Gasteiger partial charge in [-0.1, -0.05) is 11.6 Å². The summed E-state index contributed by atoms with van der Waals surface area (Å²) in [4.78, 5) is 31.4. The van der Waals surface area contributed by atoms with Crippen LogP contribution in [-0.4, -0.2) is 62.7 Å². The molecule has 0 aromatic carbocycles. The number of pyridine rings is 1. The Labute approximate surface area is 208 Å². The average Bonchev–Trinajstić information content (AvgIpc) is 3.10. The molecule has 2 atom stereocenters. The first-order valence-corrected chi connectivity index (χ1v) is 11.8. The molecule has 0 saturated carbocycles. The quantitative estimate of drug-likeness (QED) is 0.157. The second-order valence-corrected chi connectivity index (χ2v) is 9.97. The fourth-order valence-corrected chi connectivity index (χ4v) is 4.69. The van der Waals surface area contributed by atoms with Crippen LogP contribution >= 0.6 is 34.2 Å². The second kappa shape index (κ2) is 10.2. The van der Waals surface area contributed by atoms with Crippen LogP contribution in [-0.2, 0) is 11.3 Å². The number of aromatic nitrogens is 1. The Balaban J connectivity index is 1.80. The smallest absolute Gasteiger partial charge is 0.299 e. The summed E-state index contributed by atoms with van der Waals surface area (Å²) in [6.07, 6.45) is 2.64. The van der Waals surface area contributed by atoms with E-state index in [-0.39, 0.29) is 50.1 Å². The van der Waals surface area contributed by atoms with Crippen LogP contribution in [0.5, 0.6) is 0 Å². The van der Waals surface area contributed by atoms with Crippen molar-refractivity contribution >= 4 is 52.2 Å². The lowest BCUT2D eigenvalue weighted by Gasteiger charge is -2.47. The molecular weight excluding hydrogens is 573 g/mol. The van der Waals surface area contributed by atoms with Crippen LogP contribution in [0.25, 0.3) is 0 Å². The maximum atomic E-state index is 13.2. The van der Waals surface area contributed by atoms with Crippen LogP contribution in [0.15, 0.2) is 23.1 Å². The minimum Gasteiger partial charge on any atom is -0.495 e. The van der Waals surface area contributed by atoms with Gasteiger partial charge in [0, 0.05) is 55.7 Å². The van der Waals surface area contributed by atoms with Crippen molar-refractivity contribution in [3.63, 3.8) is 0 Å². The van der Waals surface area contributed by atoms with Gasteiger partial charge in [-0.05, 0) is 42.0 Å². The zero-order valence-electron chi connectivity index (χ0n) is 17.8. The standard InChI is InChI=1S/C21H24ClF2IN4O4/c1-12(20(11-26)9-15(22)17(20)33-8-4-21(23,24)25)29-10-14-13(19(29)32)3-6-27-16(14)18(31)28-5-2-7-30/h3,6,11-12,26,30H,2,4-5,7-10H2,1H3,(H,28,31)/t12?,20-/m0/s1. The number of aliphatic hydroxyl groups is 1. The number of ether oxygens (including phenoxy) is 1. The summed E-state index contributed by atoms with van der Waals surface area (Å²) in [6, 6.07) is 0.952. The molecule has 1 aliphatic carbocycles. The van der Waals surface area contributed by atoms with E-state index in [1.165, 1.54) is 17.2 Å². The van der Waals surface area contributed by atoms with Crippen molar-refractivity contribution in [1.29, 1.82) is 5.41 Å². The van der Waals surface area contributed by atoms with E-state index >= 15 is 0 Å². The summed E-state index contributed by atoms with van der Waals surface area (Å²) in [6.45, 7) is 1.76. The van der Waals surface area contributed by atoms with E-state index in [1.54, 1.807) is 6.92 Å². The molecule has 2 aliphatic rings. The number of nitrogens with zero attached hydrogens (tertiary/aromatic N) is 2. The van der Waals surface area contributed by atoms with E-state index < -0.39 is 27.7 Å². The number of alkyl halides is 3. The molecule has 0 fully saturated rings. The summed E-state index contributed by atoms with van der Waals surface area (Å²) in [5.74, 6) is -0.553. The molecule has 3 N–H and O–H groups in total. The van der Waals surface area contributed by atoms with Gasteiger partial charge in [-0.15, -0.1) is 0 Å². The fraction of sp³-hybridized carbons (Fsp3) is 0.524. The minimum absolute atomic E-state index is 0.0634. The summed E-state index contributed by atoms with van der Waals surface area (Å²) >= 11 is 7.24. The van der Waals surface area contributed by atoms with Gasteiger partial charge in [-0.3, -0.25) is 14.6 Å². The third-order valence-electron chi connectivity index (χ3n) is 5.93. The van der Waals surface area contributed by atoms with Gasteiger partial charge in [0.15, 0.2) is 0 Å². The predicted molar refractivity (Wildman–Crippen MR) is 126 cm³/mol. The van der Waals surface area contributed by atoms with E-state index in [9.17, 15) is 18.4 Å². The first kappa shape index (κ1) is 25.8. The number of hydrogen-bond donors (Lipinski definition) is 3. The molecular formula is C21H24ClF2IN4O4. The summed E-state index contributed by atoms with van der Waals surface area (Å²) < 4.78 is 29.0. The highest BCUT2D eigenvalue weighted by molar-refractivity contribution is 14.1. The molecule has 1 unspecified atom stereocenters. The van der Waals surface area contributed by atoms with Crippen LogP contribution < -0.4 is 5.32 Å². The normalized spacial score (nSPS) is 20.9. The lowest BCUT2D eigenvalue weighted by atomic mass is 9.69. The molecule has 12 heteroatoms. The monoisotopic (exact) mass is 596 g/mol. The first-order valence-electron chi connectivity index (χ1n) is 10.3. The van der Waals surface area contributed by atoms with E-state index in [4.69, 9.17) is 26.9 Å². The van der Waals surface area contributed by atoms with Crippen molar-refractivity contribution in [1.82, 2.24) is 15.2 Å². The SMILES string of the molecule is CC(N1Cc2c(ccnc2C(=O)NCCCO)C1=O)[C@@]1(C=N)CC(Cl)=C1OCCC(F)(F)I. The van der Waals surface area contributed by atoms with Crippen molar-refractivity contribution < 1.29 is 28.2 Å². The van der Waals surface area contributed by atoms with Gasteiger partial charge in [0.1, 0.15) is 11.5 Å². The number of fused-ring (bicyclic) bond motifs is 1. The summed E-state index contributed by atoms with van der Waals surface area (Å²) in [5, 5.41) is 19.9. The van der Waals surface area contributed by atoms with Crippen molar-refractivity contribution in [3.05, 3.63) is 39.9 Å². The van der Waals surface area contributed by atoms with Gasteiger partial charge < -0.3 is 25.5 Å². The third-order valence-corrected chi connectivity index (χ3v) is 6.78. The Morgan fingerprint density at radius 1 is 1.58 bits per heavy atom. The van der Waals surface area contributed by atoms with Gasteiger partial charge in [0.05, 0.1) is 23.5 Å². The molecule has 3 rings (SSSR count). The number of carbonyl (C=O) groups excluding carboxylic acids is 2. The molecule has 0 bridgehead atoms. The van der Waals surface area contributed by atoms with Gasteiger partial charge in [0.2, 0.25) is 0 Å². The molecule has 1 aliphatic heterocycles. The molecule has 1 aromatic rings. The lowest BCUT2D eigenvalue weighted by Crippen LogP contribution is -2.52. The number of rotatable bonds is 11. The van der Waals surface area contributed by atoms with Crippen molar-refractivity contribution in [3.8, 4) is 0 Å². The second-order valence-electron chi connectivity index (χ2n) is 7.94. The Bertz CT molecular complexity index is 988. The zero-order chi connectivity index (χ0) is 24.4. The Morgan fingerprint density at radius 3 is 2.91 bits per heavy atom. The van der Waals surface area contributed by atoms with Crippen LogP contribution in [0.3, 0.4) is 0 Å². The predicted octanol–water partition coefficient (Wildman–Crippen LogP) is 3.46. The molecule has 0 saturated heterocycles. The zero-order valence-corrected chi connectivity index (χ0v) is 20.8. The third kappa shape index (κ3) is 5.14. The highest BCUT2D eigenvalue weighted by Gasteiger charge is 2.53. The number of allylic oxidation sites excluding steroid dienone is 1. The van der Waals surface area contributed by atoms with Crippen LogP contribution in [0.4, 0.5) is 8.78 Å². The molecule has 33 heavy (non-hydrogen) atoms. The van der Waals surface area contributed by atoms with E-state index in [1.807, 2.05) is 0 Å². The fourth-order valence-electron chi connectivity index (χ4n) is 4.02. The van der Waals surface area contributed by atoms with Crippen LogP contribution in [0.1, 0.15) is 52.6 Å². The largest absolute Gasteiger partial charge is 0.495 e. The van der Waals surface area contributed by atoms with Gasteiger partial charge in [0.25, 0.3) is 15.7 Å². The molecule has 2 heterocycles. The van der Waals surface area contributed by atoms with E-state index in [0.29, 0.717) is 22.6 Å². The van der Waals surface area contributed by atoms with Gasteiger partial charge >= 0.3 is 0 Å². The summed E-state index contributed by atoms with van der Waals surface area (Å²) in [5.41, 5.74) is -0.116. The number of nitrogens with one attached hydrogen (secondary N) is 2. The number of halogens is 4. The molecule has 0 radical (unpaired) electrons. The molecule has 8 nitrogen and oxygen atoms in total. The number of hydrogen-bond acceptors (Lipinski definition) is 6. The molecule has 0 spiro atoms. The van der Waals surface area contributed by atoms with Gasteiger partial charge in [-0.25, -0.2) is 0 Å². The van der Waals surface area contributed by atoms with Gasteiger partial charge in [-0.2, -0.15) is 8.78 Å². The highest BCUT2D eigenvalue weighted by Crippen LogP contribution is 2.52. The highest BCUT2D eigenvalue weighted by atomic mass is 127.